The van der Waals surface area contributed by atoms with Gasteiger partial charge in [-0.1, -0.05) is 11.6 Å². The molecule has 0 aromatic carbocycles. The highest BCUT2D eigenvalue weighted by Gasteiger charge is 2.32. The molecule has 116 valence electrons. The largest absolute Gasteiger partial charge is 0.444 e. The minimum absolute atomic E-state index is 0.0856. The van der Waals surface area contributed by atoms with Gasteiger partial charge in [0.15, 0.2) is 0 Å². The number of rotatable bonds is 3. The first-order valence-electron chi connectivity index (χ1n) is 7.07. The van der Waals surface area contributed by atoms with E-state index in [9.17, 15) is 4.79 Å². The molecule has 0 bridgehead atoms. The van der Waals surface area contributed by atoms with Gasteiger partial charge in [0.2, 0.25) is 5.95 Å². The fourth-order valence-corrected chi connectivity index (χ4v) is 2.38. The van der Waals surface area contributed by atoms with Crippen LogP contribution in [0.2, 0.25) is 5.15 Å². The zero-order valence-corrected chi connectivity index (χ0v) is 13.4. The number of hydrogen-bond donors (Lipinski definition) is 1. The lowest BCUT2D eigenvalue weighted by Gasteiger charge is -2.28. The van der Waals surface area contributed by atoms with Gasteiger partial charge in [-0.15, -0.1) is 0 Å². The highest BCUT2D eigenvalue weighted by molar-refractivity contribution is 6.29. The Balaban J connectivity index is 1.91. The normalized spacial score (nSPS) is 18.7. The predicted octanol–water partition coefficient (Wildman–Crippen LogP) is 2.94. The maximum absolute atomic E-state index is 12.2. The van der Waals surface area contributed by atoms with E-state index in [1.165, 1.54) is 0 Å². The van der Waals surface area contributed by atoms with Crippen LogP contribution in [0.15, 0.2) is 12.3 Å². The summed E-state index contributed by atoms with van der Waals surface area (Å²) in [6.07, 6.45) is 3.24. The van der Waals surface area contributed by atoms with Crippen LogP contribution in [0, 0.1) is 0 Å². The van der Waals surface area contributed by atoms with Crippen molar-refractivity contribution in [3.05, 3.63) is 17.4 Å². The molecule has 1 amide bonds. The van der Waals surface area contributed by atoms with Crippen molar-refractivity contribution in [1.29, 1.82) is 0 Å². The van der Waals surface area contributed by atoms with Gasteiger partial charge in [-0.3, -0.25) is 0 Å². The molecule has 0 unspecified atom stereocenters. The van der Waals surface area contributed by atoms with Gasteiger partial charge in [-0.05, 0) is 39.7 Å². The standard InChI is InChI=1S/C14H21ClN4O2/c1-14(2,3)21-13(20)19-8-4-5-10(19)9-17-12-16-7-6-11(15)18-12/h6-7,10H,4-5,8-9H2,1-3H3,(H,16,17,18)/t10-/m0/s1. The first kappa shape index (κ1) is 15.8. The van der Waals surface area contributed by atoms with Crippen LogP contribution in [0.4, 0.5) is 10.7 Å². The fourth-order valence-electron chi connectivity index (χ4n) is 2.24. The summed E-state index contributed by atoms with van der Waals surface area (Å²) in [5, 5.41) is 3.51. The van der Waals surface area contributed by atoms with E-state index in [1.807, 2.05) is 20.8 Å². The monoisotopic (exact) mass is 312 g/mol. The molecule has 2 heterocycles. The lowest BCUT2D eigenvalue weighted by atomic mass is 10.2. The number of carbonyl (C=O) groups excluding carboxylic acids is 1. The summed E-state index contributed by atoms with van der Waals surface area (Å²) in [6.45, 7) is 6.91. The van der Waals surface area contributed by atoms with Crippen LogP contribution in [0.5, 0.6) is 0 Å². The molecule has 1 aliphatic heterocycles. The average molecular weight is 313 g/mol. The Morgan fingerprint density at radius 3 is 3.00 bits per heavy atom. The van der Waals surface area contributed by atoms with Crippen LogP contribution >= 0.6 is 11.6 Å². The van der Waals surface area contributed by atoms with E-state index in [1.54, 1.807) is 17.2 Å². The second-order valence-electron chi connectivity index (χ2n) is 6.05. The second kappa shape index (κ2) is 6.47. The molecule has 0 spiro atoms. The molecular weight excluding hydrogens is 292 g/mol. The molecule has 1 aromatic heterocycles. The highest BCUT2D eigenvalue weighted by atomic mass is 35.5. The zero-order chi connectivity index (χ0) is 15.5. The number of nitrogens with one attached hydrogen (secondary N) is 1. The number of amides is 1. The van der Waals surface area contributed by atoms with Gasteiger partial charge in [0.25, 0.3) is 0 Å². The summed E-state index contributed by atoms with van der Waals surface area (Å²) in [5.41, 5.74) is -0.478. The summed E-state index contributed by atoms with van der Waals surface area (Å²) in [5.74, 6) is 0.471. The third-order valence-corrected chi connectivity index (χ3v) is 3.33. The van der Waals surface area contributed by atoms with E-state index < -0.39 is 5.60 Å². The molecule has 1 saturated heterocycles. The number of hydrogen-bond acceptors (Lipinski definition) is 5. The molecule has 2 rings (SSSR count). The van der Waals surface area contributed by atoms with Gasteiger partial charge in [0, 0.05) is 19.3 Å². The average Bonchev–Trinajstić information content (AvgIpc) is 2.83. The number of ether oxygens (including phenoxy) is 1. The van der Waals surface area contributed by atoms with E-state index in [-0.39, 0.29) is 12.1 Å². The Hall–Kier alpha value is -1.56. The van der Waals surface area contributed by atoms with E-state index >= 15 is 0 Å². The van der Waals surface area contributed by atoms with E-state index in [0.717, 1.165) is 19.4 Å². The van der Waals surface area contributed by atoms with Gasteiger partial charge >= 0.3 is 6.09 Å². The van der Waals surface area contributed by atoms with Crippen LogP contribution in [0.3, 0.4) is 0 Å². The first-order valence-corrected chi connectivity index (χ1v) is 7.45. The van der Waals surface area contributed by atoms with E-state index in [2.05, 4.69) is 15.3 Å². The van der Waals surface area contributed by atoms with Crippen molar-refractivity contribution in [3.8, 4) is 0 Å². The Labute approximate surface area is 129 Å². The summed E-state index contributed by atoms with van der Waals surface area (Å²) in [7, 11) is 0. The Kier molecular flexibility index (Phi) is 4.88. The molecule has 0 aliphatic carbocycles. The van der Waals surface area contributed by atoms with Gasteiger partial charge in [-0.25, -0.2) is 14.8 Å². The molecule has 6 nitrogen and oxygen atoms in total. The number of likely N-dealkylation sites (tertiary alicyclic amines) is 1. The van der Waals surface area contributed by atoms with Crippen molar-refractivity contribution < 1.29 is 9.53 Å². The quantitative estimate of drug-likeness (QED) is 0.869. The van der Waals surface area contributed by atoms with Crippen LogP contribution in [0.1, 0.15) is 33.6 Å². The topological polar surface area (TPSA) is 67.3 Å². The molecule has 1 fully saturated rings. The molecule has 7 heteroatoms. The summed E-state index contributed by atoms with van der Waals surface area (Å²) >= 11 is 5.82. The lowest BCUT2D eigenvalue weighted by Crippen LogP contribution is -2.42. The smallest absolute Gasteiger partial charge is 0.410 e. The molecule has 1 atom stereocenters. The van der Waals surface area contributed by atoms with Gasteiger partial charge in [0.05, 0.1) is 6.04 Å². The number of anilines is 1. The molecule has 1 aromatic rings. The van der Waals surface area contributed by atoms with Gasteiger partial charge < -0.3 is 15.0 Å². The summed E-state index contributed by atoms with van der Waals surface area (Å²) in [4.78, 5) is 22.1. The van der Waals surface area contributed by atoms with Crippen LogP contribution in [-0.2, 0) is 4.74 Å². The third kappa shape index (κ3) is 4.74. The van der Waals surface area contributed by atoms with Crippen molar-refractivity contribution in [1.82, 2.24) is 14.9 Å². The van der Waals surface area contributed by atoms with Crippen LogP contribution in [0.25, 0.3) is 0 Å². The SMILES string of the molecule is CC(C)(C)OC(=O)N1CCC[C@H]1CNc1nccc(Cl)n1. The Morgan fingerprint density at radius 2 is 2.33 bits per heavy atom. The minimum Gasteiger partial charge on any atom is -0.444 e. The fraction of sp³-hybridized carbons (Fsp3) is 0.643. The predicted molar refractivity (Wildman–Crippen MR) is 81.5 cm³/mol. The maximum atomic E-state index is 12.2. The van der Waals surface area contributed by atoms with E-state index in [0.29, 0.717) is 17.6 Å². The lowest BCUT2D eigenvalue weighted by molar-refractivity contribution is 0.0235. The molecule has 0 radical (unpaired) electrons. The maximum Gasteiger partial charge on any atom is 0.410 e. The van der Waals surface area contributed by atoms with Crippen molar-refractivity contribution in [2.24, 2.45) is 0 Å². The van der Waals surface area contributed by atoms with Crippen LogP contribution in [-0.4, -0.2) is 45.7 Å². The van der Waals surface area contributed by atoms with Crippen LogP contribution < -0.4 is 5.32 Å². The minimum atomic E-state index is -0.478. The number of carbonyl (C=O) groups is 1. The summed E-state index contributed by atoms with van der Waals surface area (Å²) in [6, 6.07) is 1.71. The van der Waals surface area contributed by atoms with Crippen molar-refractivity contribution in [2.45, 2.75) is 45.3 Å². The van der Waals surface area contributed by atoms with Gasteiger partial charge in [-0.2, -0.15) is 0 Å². The molecular formula is C14H21ClN4O2. The van der Waals surface area contributed by atoms with Crippen molar-refractivity contribution in [3.63, 3.8) is 0 Å². The second-order valence-corrected chi connectivity index (χ2v) is 6.44. The highest BCUT2D eigenvalue weighted by Crippen LogP contribution is 2.21. The summed E-state index contributed by atoms with van der Waals surface area (Å²) < 4.78 is 5.43. The third-order valence-electron chi connectivity index (χ3n) is 3.12. The molecule has 1 aliphatic rings. The zero-order valence-electron chi connectivity index (χ0n) is 12.6. The Bertz CT molecular complexity index is 504. The van der Waals surface area contributed by atoms with Gasteiger partial charge in [0.1, 0.15) is 10.8 Å². The number of aromatic nitrogens is 2. The van der Waals surface area contributed by atoms with Crippen molar-refractivity contribution >= 4 is 23.6 Å². The molecule has 1 N–H and O–H groups in total. The van der Waals surface area contributed by atoms with E-state index in [4.69, 9.17) is 16.3 Å². The van der Waals surface area contributed by atoms with Crippen molar-refractivity contribution in [2.75, 3.05) is 18.4 Å². The Morgan fingerprint density at radius 1 is 1.57 bits per heavy atom. The molecule has 0 saturated carbocycles. The molecule has 21 heavy (non-hydrogen) atoms. The number of nitrogens with zero attached hydrogens (tertiary/aromatic N) is 3. The number of halogens is 1. The first-order chi connectivity index (χ1) is 9.85.